The molecule has 0 radical (unpaired) electrons. The van der Waals surface area contributed by atoms with E-state index in [1.54, 1.807) is 0 Å². The van der Waals surface area contributed by atoms with E-state index in [0.29, 0.717) is 0 Å². The number of benzene rings is 1. The second-order valence-corrected chi connectivity index (χ2v) is 5.40. The number of nitrogens with zero attached hydrogens (tertiary/aromatic N) is 2. The monoisotopic (exact) mass is 265 g/mol. The number of rotatable bonds is 8. The Kier molecular flexibility index (Phi) is 6.45. The van der Waals surface area contributed by atoms with Gasteiger partial charge in [-0.15, -0.1) is 0 Å². The molecule has 0 aliphatic carbocycles. The van der Waals surface area contributed by atoms with Gasteiger partial charge in [-0.3, -0.25) is 0 Å². The molecule has 0 aromatic heterocycles. The number of nitrogens with one attached hydrogen (secondary N) is 1. The molecule has 0 bridgehead atoms. The fourth-order valence-electron chi connectivity index (χ4n) is 2.20. The molecule has 1 atom stereocenters. The predicted octanol–water partition coefficient (Wildman–Crippen LogP) is 0.587. The summed E-state index contributed by atoms with van der Waals surface area (Å²) in [5, 5.41) is 13.2. The Labute approximate surface area is 117 Å². The van der Waals surface area contributed by atoms with Crippen molar-refractivity contribution in [2.45, 2.75) is 5.54 Å². The standard InChI is InChI=1S/C15H27N3O/c1-16-15(13-19,14-8-6-5-7-9-14)12-18(4)11-10-17(2)3/h5-9,16,19H,10-13H2,1-4H3. The average Bonchev–Trinajstić information content (AvgIpc) is 2.43. The van der Waals surface area contributed by atoms with Crippen LogP contribution in [0, 0.1) is 0 Å². The summed E-state index contributed by atoms with van der Waals surface area (Å²) in [6.45, 7) is 2.84. The van der Waals surface area contributed by atoms with Crippen molar-refractivity contribution < 1.29 is 5.11 Å². The van der Waals surface area contributed by atoms with Gasteiger partial charge >= 0.3 is 0 Å². The van der Waals surface area contributed by atoms with E-state index >= 15 is 0 Å². The van der Waals surface area contributed by atoms with E-state index in [1.807, 2.05) is 25.2 Å². The minimum Gasteiger partial charge on any atom is -0.394 e. The third-order valence-electron chi connectivity index (χ3n) is 3.54. The van der Waals surface area contributed by atoms with E-state index in [4.69, 9.17) is 0 Å². The van der Waals surface area contributed by atoms with Gasteiger partial charge in [-0.05, 0) is 33.8 Å². The van der Waals surface area contributed by atoms with Crippen LogP contribution in [-0.4, -0.2) is 69.3 Å². The summed E-state index contributed by atoms with van der Waals surface area (Å²) in [5.41, 5.74) is 0.721. The van der Waals surface area contributed by atoms with Crippen molar-refractivity contribution in [1.82, 2.24) is 15.1 Å². The van der Waals surface area contributed by atoms with E-state index in [-0.39, 0.29) is 6.61 Å². The number of aliphatic hydroxyl groups is 1. The molecule has 0 heterocycles. The first kappa shape index (κ1) is 16.1. The smallest absolute Gasteiger partial charge is 0.0795 e. The molecule has 4 heteroatoms. The van der Waals surface area contributed by atoms with Gasteiger partial charge in [-0.2, -0.15) is 0 Å². The highest BCUT2D eigenvalue weighted by molar-refractivity contribution is 5.25. The van der Waals surface area contributed by atoms with Gasteiger partial charge in [0, 0.05) is 19.6 Å². The SMILES string of the molecule is CNC(CO)(CN(C)CCN(C)C)c1ccccc1. The largest absolute Gasteiger partial charge is 0.394 e. The lowest BCUT2D eigenvalue weighted by Crippen LogP contribution is -2.52. The van der Waals surface area contributed by atoms with Crippen LogP contribution in [0.5, 0.6) is 0 Å². The molecule has 1 aromatic rings. The van der Waals surface area contributed by atoms with Gasteiger partial charge < -0.3 is 20.2 Å². The Bertz CT molecular complexity index is 350. The Balaban J connectivity index is 2.77. The second-order valence-electron chi connectivity index (χ2n) is 5.40. The van der Waals surface area contributed by atoms with E-state index in [2.05, 4.69) is 48.4 Å². The molecule has 1 unspecified atom stereocenters. The fraction of sp³-hybridized carbons (Fsp3) is 0.600. The maximum absolute atomic E-state index is 9.86. The van der Waals surface area contributed by atoms with Crippen LogP contribution in [0.25, 0.3) is 0 Å². The molecule has 108 valence electrons. The molecule has 1 rings (SSSR count). The highest BCUT2D eigenvalue weighted by atomic mass is 16.3. The van der Waals surface area contributed by atoms with E-state index in [1.165, 1.54) is 0 Å². The summed E-state index contributed by atoms with van der Waals surface area (Å²) >= 11 is 0. The summed E-state index contributed by atoms with van der Waals surface area (Å²) in [6.07, 6.45) is 0. The summed E-state index contributed by atoms with van der Waals surface area (Å²) in [7, 11) is 8.14. The zero-order valence-corrected chi connectivity index (χ0v) is 12.6. The van der Waals surface area contributed by atoms with Crippen molar-refractivity contribution in [3.05, 3.63) is 35.9 Å². The zero-order chi connectivity index (χ0) is 14.3. The molecule has 0 fully saturated rings. The molecular weight excluding hydrogens is 238 g/mol. The molecule has 19 heavy (non-hydrogen) atoms. The number of hydrogen-bond donors (Lipinski definition) is 2. The zero-order valence-electron chi connectivity index (χ0n) is 12.6. The molecule has 0 aliphatic rings. The summed E-state index contributed by atoms with van der Waals surface area (Å²) in [6, 6.07) is 10.1. The molecule has 0 amide bonds. The van der Waals surface area contributed by atoms with Crippen LogP contribution < -0.4 is 5.32 Å². The van der Waals surface area contributed by atoms with E-state index < -0.39 is 5.54 Å². The van der Waals surface area contributed by atoms with Gasteiger partial charge in [0.25, 0.3) is 0 Å². The summed E-state index contributed by atoms with van der Waals surface area (Å²) in [4.78, 5) is 4.42. The molecule has 4 nitrogen and oxygen atoms in total. The number of aliphatic hydroxyl groups excluding tert-OH is 1. The quantitative estimate of drug-likeness (QED) is 0.721. The third kappa shape index (κ3) is 4.58. The number of hydrogen-bond acceptors (Lipinski definition) is 4. The molecule has 1 aromatic carbocycles. The highest BCUT2D eigenvalue weighted by Gasteiger charge is 2.30. The van der Waals surface area contributed by atoms with Crippen molar-refractivity contribution in [3.8, 4) is 0 Å². The molecule has 2 N–H and O–H groups in total. The Hall–Kier alpha value is -0.940. The van der Waals surface area contributed by atoms with Crippen molar-refractivity contribution in [1.29, 1.82) is 0 Å². The van der Waals surface area contributed by atoms with Crippen molar-refractivity contribution >= 4 is 0 Å². The Morgan fingerprint density at radius 3 is 2.21 bits per heavy atom. The van der Waals surface area contributed by atoms with Gasteiger partial charge in [0.05, 0.1) is 12.1 Å². The van der Waals surface area contributed by atoms with Crippen molar-refractivity contribution in [3.63, 3.8) is 0 Å². The van der Waals surface area contributed by atoms with Gasteiger partial charge in [-0.1, -0.05) is 30.3 Å². The van der Waals surface area contributed by atoms with Crippen LogP contribution in [0.15, 0.2) is 30.3 Å². The van der Waals surface area contributed by atoms with E-state index in [9.17, 15) is 5.11 Å². The van der Waals surface area contributed by atoms with E-state index in [0.717, 1.165) is 25.2 Å². The molecule has 0 aliphatic heterocycles. The van der Waals surface area contributed by atoms with Gasteiger partial charge in [0.15, 0.2) is 0 Å². The Morgan fingerprint density at radius 1 is 1.11 bits per heavy atom. The maximum atomic E-state index is 9.86. The van der Waals surface area contributed by atoms with Crippen LogP contribution in [0.3, 0.4) is 0 Å². The summed E-state index contributed by atoms with van der Waals surface area (Å²) < 4.78 is 0. The van der Waals surface area contributed by atoms with Crippen LogP contribution >= 0.6 is 0 Å². The van der Waals surface area contributed by atoms with Crippen LogP contribution in [0.4, 0.5) is 0 Å². The Morgan fingerprint density at radius 2 is 1.74 bits per heavy atom. The lowest BCUT2D eigenvalue weighted by Gasteiger charge is -2.36. The van der Waals surface area contributed by atoms with Gasteiger partial charge in [-0.25, -0.2) is 0 Å². The first-order valence-corrected chi connectivity index (χ1v) is 6.72. The molecule has 0 saturated carbocycles. The van der Waals surface area contributed by atoms with Crippen LogP contribution in [0.1, 0.15) is 5.56 Å². The minimum absolute atomic E-state index is 0.0832. The second kappa shape index (κ2) is 7.60. The highest BCUT2D eigenvalue weighted by Crippen LogP contribution is 2.21. The van der Waals surface area contributed by atoms with Crippen molar-refractivity contribution in [2.24, 2.45) is 0 Å². The summed E-state index contributed by atoms with van der Waals surface area (Å²) in [5.74, 6) is 0. The number of likely N-dealkylation sites (N-methyl/N-ethyl adjacent to an activating group) is 3. The topological polar surface area (TPSA) is 38.7 Å². The molecule has 0 spiro atoms. The normalized spacial score (nSPS) is 14.9. The first-order chi connectivity index (χ1) is 9.04. The maximum Gasteiger partial charge on any atom is 0.0795 e. The van der Waals surface area contributed by atoms with Crippen LogP contribution in [0.2, 0.25) is 0 Å². The fourth-order valence-corrected chi connectivity index (χ4v) is 2.20. The third-order valence-corrected chi connectivity index (χ3v) is 3.54. The van der Waals surface area contributed by atoms with Gasteiger partial charge in [0.1, 0.15) is 0 Å². The van der Waals surface area contributed by atoms with Gasteiger partial charge in [0.2, 0.25) is 0 Å². The lowest BCUT2D eigenvalue weighted by molar-refractivity contribution is 0.121. The minimum atomic E-state index is -0.400. The first-order valence-electron chi connectivity index (χ1n) is 6.72. The lowest BCUT2D eigenvalue weighted by atomic mass is 9.90. The van der Waals surface area contributed by atoms with Crippen molar-refractivity contribution in [2.75, 3.05) is 54.4 Å². The average molecular weight is 265 g/mol. The molecular formula is C15H27N3O. The van der Waals surface area contributed by atoms with Crippen LogP contribution in [-0.2, 0) is 5.54 Å². The predicted molar refractivity (Wildman–Crippen MR) is 80.3 cm³/mol. The molecule has 0 saturated heterocycles.